The number of halogens is 5. The molecule has 1 fully saturated rings. The van der Waals surface area contributed by atoms with Gasteiger partial charge < -0.3 is 0 Å². The van der Waals surface area contributed by atoms with E-state index in [0.29, 0.717) is 0 Å². The van der Waals surface area contributed by atoms with Crippen molar-refractivity contribution in [2.45, 2.75) is 20.5 Å². The van der Waals surface area contributed by atoms with Gasteiger partial charge in [0.25, 0.3) is 0 Å². The average molecular weight is 256 g/mol. The Bertz CT molecular complexity index is 199. The molecule has 11 heavy (non-hydrogen) atoms. The number of hydrogen-bond acceptors (Lipinski definition) is 1. The van der Waals surface area contributed by atoms with Crippen LogP contribution in [0.15, 0.2) is 0 Å². The van der Waals surface area contributed by atoms with Crippen LogP contribution in [0.25, 0.3) is 0 Å². The van der Waals surface area contributed by atoms with Crippen LogP contribution in [0.1, 0.15) is 6.42 Å². The van der Waals surface area contributed by atoms with Gasteiger partial charge >= 0.3 is 0 Å². The van der Waals surface area contributed by atoms with Crippen molar-refractivity contribution in [2.24, 2.45) is 0 Å². The molecule has 0 heterocycles. The van der Waals surface area contributed by atoms with E-state index >= 15 is 0 Å². The van der Waals surface area contributed by atoms with Gasteiger partial charge in [0, 0.05) is 6.42 Å². The third-order valence-corrected chi connectivity index (χ3v) is 3.69. The summed E-state index contributed by atoms with van der Waals surface area (Å²) in [6.45, 7) is 0. The van der Waals surface area contributed by atoms with Gasteiger partial charge in [-0.2, -0.15) is 0 Å². The van der Waals surface area contributed by atoms with Crippen LogP contribution in [-0.4, -0.2) is 19.8 Å². The van der Waals surface area contributed by atoms with Crippen molar-refractivity contribution in [2.75, 3.05) is 0 Å². The average Bonchev–Trinajstić information content (AvgIpc) is 1.94. The summed E-state index contributed by atoms with van der Waals surface area (Å²) in [6.07, 6.45) is 0.0729. The van der Waals surface area contributed by atoms with Gasteiger partial charge in [-0.15, -0.1) is 11.6 Å². The molecule has 0 aromatic rings. The molecular weight excluding hydrogens is 253 g/mol. The maximum Gasteiger partial charge on any atom is 0.206 e. The van der Waals surface area contributed by atoms with Crippen molar-refractivity contribution in [1.82, 2.24) is 0 Å². The molecule has 0 spiro atoms. The van der Waals surface area contributed by atoms with Gasteiger partial charge in [0.2, 0.25) is 5.78 Å². The standard InChI is InChI=1S/C5H3Cl5O/c6-2-1-4(7,8)3(11)5(2,9)10/h2H,1H2. The lowest BCUT2D eigenvalue weighted by Crippen LogP contribution is -2.32. The van der Waals surface area contributed by atoms with E-state index in [9.17, 15) is 4.79 Å². The van der Waals surface area contributed by atoms with Crippen molar-refractivity contribution in [3.63, 3.8) is 0 Å². The number of carbonyl (C=O) groups is 1. The van der Waals surface area contributed by atoms with E-state index in [1.807, 2.05) is 0 Å². The molecule has 1 aliphatic rings. The van der Waals surface area contributed by atoms with Crippen molar-refractivity contribution < 1.29 is 4.79 Å². The Morgan fingerprint density at radius 3 is 1.82 bits per heavy atom. The molecule has 0 aromatic heterocycles. The largest absolute Gasteiger partial charge is 0.293 e. The van der Waals surface area contributed by atoms with E-state index in [1.165, 1.54) is 0 Å². The second kappa shape index (κ2) is 2.81. The Morgan fingerprint density at radius 2 is 1.73 bits per heavy atom. The zero-order valence-corrected chi connectivity index (χ0v) is 8.86. The van der Waals surface area contributed by atoms with Crippen LogP contribution < -0.4 is 0 Å². The maximum absolute atomic E-state index is 11.1. The van der Waals surface area contributed by atoms with Gasteiger partial charge in [-0.05, 0) is 0 Å². The molecule has 1 rings (SSSR count). The van der Waals surface area contributed by atoms with E-state index in [1.54, 1.807) is 0 Å². The van der Waals surface area contributed by atoms with Gasteiger partial charge in [0.1, 0.15) is 0 Å². The summed E-state index contributed by atoms with van der Waals surface area (Å²) in [7, 11) is 0. The lowest BCUT2D eigenvalue weighted by Gasteiger charge is -2.13. The minimum absolute atomic E-state index is 0.0729. The first-order valence-electron chi connectivity index (χ1n) is 2.73. The molecule has 1 aliphatic carbocycles. The molecular formula is C5H3Cl5O. The zero-order valence-electron chi connectivity index (χ0n) is 5.08. The SMILES string of the molecule is O=C1C(Cl)(Cl)CC(Cl)C1(Cl)Cl. The molecule has 6 heteroatoms. The summed E-state index contributed by atoms with van der Waals surface area (Å²) in [4.78, 5) is 11.1. The van der Waals surface area contributed by atoms with E-state index < -0.39 is 19.8 Å². The Balaban J connectivity index is 2.99. The summed E-state index contributed by atoms with van der Waals surface area (Å²) in [6, 6.07) is 0. The Labute approximate surface area is 88.9 Å². The van der Waals surface area contributed by atoms with E-state index in [0.717, 1.165) is 0 Å². The number of hydrogen-bond donors (Lipinski definition) is 0. The predicted octanol–water partition coefficient (Wildman–Crippen LogP) is 2.91. The van der Waals surface area contributed by atoms with E-state index in [4.69, 9.17) is 58.0 Å². The van der Waals surface area contributed by atoms with Gasteiger partial charge in [-0.3, -0.25) is 4.79 Å². The smallest absolute Gasteiger partial charge is 0.206 e. The summed E-state index contributed by atoms with van der Waals surface area (Å²) in [5, 5.41) is -0.728. The first-order valence-corrected chi connectivity index (χ1v) is 4.68. The number of carbonyl (C=O) groups excluding carboxylic acids is 1. The normalized spacial score (nSPS) is 34.3. The molecule has 0 N–H and O–H groups in total. The highest BCUT2D eigenvalue weighted by molar-refractivity contribution is 6.72. The second-order valence-electron chi connectivity index (χ2n) is 2.33. The van der Waals surface area contributed by atoms with Crippen LogP contribution in [0, 0.1) is 0 Å². The molecule has 1 unspecified atom stereocenters. The predicted molar refractivity (Wildman–Crippen MR) is 48.1 cm³/mol. The lowest BCUT2D eigenvalue weighted by molar-refractivity contribution is -0.118. The third kappa shape index (κ3) is 1.59. The summed E-state index contributed by atoms with van der Waals surface area (Å²) in [5.41, 5.74) is 0. The first-order chi connectivity index (χ1) is 4.78. The number of alkyl halides is 5. The monoisotopic (exact) mass is 254 g/mol. The van der Waals surface area contributed by atoms with Crippen molar-refractivity contribution in [1.29, 1.82) is 0 Å². The lowest BCUT2D eigenvalue weighted by atomic mass is 10.3. The van der Waals surface area contributed by atoms with Crippen LogP contribution in [0.3, 0.4) is 0 Å². The fourth-order valence-corrected chi connectivity index (χ4v) is 2.60. The zero-order chi connectivity index (χ0) is 8.86. The van der Waals surface area contributed by atoms with Gasteiger partial charge in [0.05, 0.1) is 5.38 Å². The van der Waals surface area contributed by atoms with Crippen molar-refractivity contribution >= 4 is 63.8 Å². The number of rotatable bonds is 0. The van der Waals surface area contributed by atoms with E-state index in [-0.39, 0.29) is 6.42 Å². The van der Waals surface area contributed by atoms with Crippen molar-refractivity contribution in [3.05, 3.63) is 0 Å². The van der Waals surface area contributed by atoms with E-state index in [2.05, 4.69) is 0 Å². The molecule has 1 atom stereocenters. The summed E-state index contributed by atoms with van der Waals surface area (Å²) in [5.74, 6) is -0.642. The quantitative estimate of drug-likeness (QED) is 0.609. The molecule has 0 aromatic carbocycles. The fraction of sp³-hybridized carbons (Fsp3) is 0.800. The Kier molecular flexibility index (Phi) is 2.61. The second-order valence-corrected chi connectivity index (χ2v) is 5.72. The third-order valence-electron chi connectivity index (χ3n) is 1.46. The van der Waals surface area contributed by atoms with Crippen LogP contribution in [0.2, 0.25) is 0 Å². The van der Waals surface area contributed by atoms with Gasteiger partial charge in [0.15, 0.2) is 8.67 Å². The summed E-state index contributed by atoms with van der Waals surface area (Å²) < 4.78 is -3.18. The molecule has 1 nitrogen and oxygen atoms in total. The number of Topliss-reactive ketones (excluding diaryl/α,β-unsaturated/α-hetero) is 1. The van der Waals surface area contributed by atoms with Gasteiger partial charge in [-0.1, -0.05) is 46.4 Å². The first kappa shape index (κ1) is 10.2. The molecule has 0 aliphatic heterocycles. The molecule has 0 saturated heterocycles. The maximum atomic E-state index is 11.1. The molecule has 0 amide bonds. The molecule has 64 valence electrons. The molecule has 0 radical (unpaired) electrons. The highest BCUT2D eigenvalue weighted by Crippen LogP contribution is 2.50. The Hall–Kier alpha value is 1.12. The minimum atomic E-state index is -1.65. The van der Waals surface area contributed by atoms with Crippen LogP contribution in [-0.2, 0) is 4.79 Å². The Morgan fingerprint density at radius 1 is 1.27 bits per heavy atom. The highest BCUT2D eigenvalue weighted by Gasteiger charge is 2.59. The van der Waals surface area contributed by atoms with Gasteiger partial charge in [-0.25, -0.2) is 0 Å². The number of ketones is 1. The highest BCUT2D eigenvalue weighted by atomic mass is 35.5. The van der Waals surface area contributed by atoms with Crippen LogP contribution >= 0.6 is 58.0 Å². The van der Waals surface area contributed by atoms with Crippen LogP contribution in [0.4, 0.5) is 0 Å². The fourth-order valence-electron chi connectivity index (χ4n) is 0.832. The summed E-state index contributed by atoms with van der Waals surface area (Å²) >= 11 is 27.9. The minimum Gasteiger partial charge on any atom is -0.293 e. The molecule has 1 saturated carbocycles. The topological polar surface area (TPSA) is 17.1 Å². The molecule has 0 bridgehead atoms. The van der Waals surface area contributed by atoms with Crippen molar-refractivity contribution in [3.8, 4) is 0 Å². The van der Waals surface area contributed by atoms with Crippen LogP contribution in [0.5, 0.6) is 0 Å².